The highest BCUT2D eigenvalue weighted by Gasteiger charge is 2.13. The van der Waals surface area contributed by atoms with Crippen LogP contribution in [0, 0.1) is 5.82 Å². The molecule has 1 rings (SSSR count). The maximum atomic E-state index is 13.7. The number of hydrogen-bond donors (Lipinski definition) is 3. The van der Waals surface area contributed by atoms with Crippen LogP contribution in [0.25, 0.3) is 0 Å². The van der Waals surface area contributed by atoms with Gasteiger partial charge in [-0.1, -0.05) is 11.6 Å². The molecule has 0 atom stereocenters. The van der Waals surface area contributed by atoms with Crippen molar-refractivity contribution < 1.29 is 4.39 Å². The second-order valence-corrected chi connectivity index (χ2v) is 5.05. The van der Waals surface area contributed by atoms with Crippen LogP contribution < -0.4 is 16.8 Å². The van der Waals surface area contributed by atoms with Crippen molar-refractivity contribution in [3.05, 3.63) is 16.9 Å². The van der Waals surface area contributed by atoms with Crippen molar-refractivity contribution >= 4 is 40.4 Å². The fourth-order valence-corrected chi connectivity index (χ4v) is 2.07. The summed E-state index contributed by atoms with van der Waals surface area (Å²) < 4.78 is 13.7. The minimum absolute atomic E-state index is 0.0780. The van der Waals surface area contributed by atoms with E-state index in [-0.39, 0.29) is 22.1 Å². The van der Waals surface area contributed by atoms with Crippen LogP contribution in [0.15, 0.2) is 6.07 Å². The number of benzene rings is 1. The van der Waals surface area contributed by atoms with Gasteiger partial charge in [-0.05, 0) is 30.9 Å². The quantitative estimate of drug-likeness (QED) is 0.552. The number of rotatable bonds is 6. The molecule has 0 bridgehead atoms. The largest absolute Gasteiger partial charge is 0.397 e. The van der Waals surface area contributed by atoms with Gasteiger partial charge in [0.05, 0.1) is 17.1 Å². The summed E-state index contributed by atoms with van der Waals surface area (Å²) in [6.45, 7) is 0.669. The zero-order chi connectivity index (χ0) is 12.8. The Balaban J connectivity index is 2.62. The van der Waals surface area contributed by atoms with E-state index in [9.17, 15) is 4.39 Å². The van der Waals surface area contributed by atoms with Gasteiger partial charge in [0.2, 0.25) is 0 Å². The maximum absolute atomic E-state index is 13.7. The van der Waals surface area contributed by atoms with E-state index in [2.05, 4.69) is 11.6 Å². The smallest absolute Gasteiger partial charge is 0.169 e. The highest BCUT2D eigenvalue weighted by Crippen LogP contribution is 2.33. The molecule has 1 aromatic rings. The molecular weight excluding hydrogens is 261 g/mol. The van der Waals surface area contributed by atoms with Gasteiger partial charge in [0, 0.05) is 6.54 Å². The zero-order valence-corrected chi connectivity index (χ0v) is 11.3. The van der Waals surface area contributed by atoms with Gasteiger partial charge in [-0.3, -0.25) is 0 Å². The molecule has 17 heavy (non-hydrogen) atoms. The summed E-state index contributed by atoms with van der Waals surface area (Å²) in [7, 11) is 0. The minimum atomic E-state index is -0.575. The Morgan fingerprint density at radius 3 is 2.71 bits per heavy atom. The fourth-order valence-electron chi connectivity index (χ4n) is 1.43. The Kier molecular flexibility index (Phi) is 5.71. The van der Waals surface area contributed by atoms with Crippen LogP contribution in [0.1, 0.15) is 12.8 Å². The highest BCUT2D eigenvalue weighted by atomic mass is 35.5. The topological polar surface area (TPSA) is 64.1 Å². The Hall–Kier alpha value is -0.810. The lowest BCUT2D eigenvalue weighted by Gasteiger charge is -2.12. The third kappa shape index (κ3) is 3.85. The number of anilines is 3. The first kappa shape index (κ1) is 14.3. The normalized spacial score (nSPS) is 10.5. The summed E-state index contributed by atoms with van der Waals surface area (Å²) in [6, 6.07) is 1.47. The van der Waals surface area contributed by atoms with Crippen LogP contribution >= 0.6 is 23.4 Å². The Morgan fingerprint density at radius 2 is 2.06 bits per heavy atom. The van der Waals surface area contributed by atoms with E-state index < -0.39 is 5.82 Å². The van der Waals surface area contributed by atoms with Gasteiger partial charge in [-0.2, -0.15) is 11.8 Å². The standard InChI is InChI=1S/C11H17ClFN3S/c1-17-5-3-2-4-16-11-8(15)6-7(14)9(12)10(11)13/h6,16H,2-5,14-15H2,1H3. The molecule has 0 radical (unpaired) electrons. The number of hydrogen-bond acceptors (Lipinski definition) is 4. The number of nitrogens with two attached hydrogens (primary N) is 2. The second-order valence-electron chi connectivity index (χ2n) is 3.68. The van der Waals surface area contributed by atoms with Gasteiger partial charge >= 0.3 is 0 Å². The first-order chi connectivity index (χ1) is 8.07. The SMILES string of the molecule is CSCCCCNc1c(N)cc(N)c(Cl)c1F. The molecule has 0 aliphatic rings. The van der Waals surface area contributed by atoms with E-state index in [1.165, 1.54) is 6.07 Å². The zero-order valence-electron chi connectivity index (χ0n) is 9.72. The molecule has 0 aliphatic carbocycles. The molecule has 0 fully saturated rings. The molecule has 0 aliphatic heterocycles. The van der Waals surface area contributed by atoms with Crippen LogP contribution in [0.3, 0.4) is 0 Å². The Bertz CT molecular complexity index is 387. The number of nitrogen functional groups attached to an aromatic ring is 2. The number of thioether (sulfide) groups is 1. The monoisotopic (exact) mass is 277 g/mol. The molecule has 5 N–H and O–H groups in total. The molecule has 6 heteroatoms. The van der Waals surface area contributed by atoms with Crippen LogP contribution in [-0.4, -0.2) is 18.6 Å². The van der Waals surface area contributed by atoms with Gasteiger partial charge in [0.15, 0.2) is 5.82 Å². The van der Waals surface area contributed by atoms with Crippen molar-refractivity contribution in [2.75, 3.05) is 35.3 Å². The van der Waals surface area contributed by atoms with Crippen LogP contribution in [0.5, 0.6) is 0 Å². The van der Waals surface area contributed by atoms with Gasteiger partial charge in [0.25, 0.3) is 0 Å². The molecule has 96 valence electrons. The highest BCUT2D eigenvalue weighted by molar-refractivity contribution is 7.98. The van der Waals surface area contributed by atoms with Gasteiger partial charge in [-0.15, -0.1) is 0 Å². The van der Waals surface area contributed by atoms with Crippen molar-refractivity contribution in [3.8, 4) is 0 Å². The lowest BCUT2D eigenvalue weighted by Crippen LogP contribution is -2.08. The molecule has 0 saturated carbocycles. The Morgan fingerprint density at radius 1 is 1.35 bits per heavy atom. The van der Waals surface area contributed by atoms with Crippen LogP contribution in [0.4, 0.5) is 21.5 Å². The van der Waals surface area contributed by atoms with Crippen molar-refractivity contribution in [1.29, 1.82) is 0 Å². The summed E-state index contributed by atoms with van der Waals surface area (Å²) in [5, 5.41) is 2.88. The molecule has 3 nitrogen and oxygen atoms in total. The first-order valence-corrected chi connectivity index (χ1v) is 7.10. The maximum Gasteiger partial charge on any atom is 0.169 e. The number of halogens is 2. The van der Waals surface area contributed by atoms with E-state index in [4.69, 9.17) is 23.1 Å². The predicted molar refractivity (Wildman–Crippen MR) is 76.3 cm³/mol. The number of unbranched alkanes of at least 4 members (excludes halogenated alkanes) is 1. The third-order valence-electron chi connectivity index (χ3n) is 2.34. The molecule has 0 saturated heterocycles. The lowest BCUT2D eigenvalue weighted by molar-refractivity contribution is 0.631. The molecule has 0 aromatic heterocycles. The van der Waals surface area contributed by atoms with Gasteiger partial charge in [-0.25, -0.2) is 4.39 Å². The lowest BCUT2D eigenvalue weighted by atomic mass is 10.2. The summed E-state index contributed by atoms with van der Waals surface area (Å²) in [4.78, 5) is 0. The van der Waals surface area contributed by atoms with Crippen LogP contribution in [-0.2, 0) is 0 Å². The summed E-state index contributed by atoms with van der Waals surface area (Å²) in [5.74, 6) is 0.524. The van der Waals surface area contributed by atoms with Gasteiger partial charge in [0.1, 0.15) is 5.02 Å². The summed E-state index contributed by atoms with van der Waals surface area (Å²) in [6.07, 6.45) is 4.10. The van der Waals surface area contributed by atoms with Gasteiger partial charge < -0.3 is 16.8 Å². The summed E-state index contributed by atoms with van der Waals surface area (Å²) >= 11 is 7.51. The van der Waals surface area contributed by atoms with E-state index in [1.807, 2.05) is 0 Å². The van der Waals surface area contributed by atoms with Crippen molar-refractivity contribution in [3.63, 3.8) is 0 Å². The molecule has 0 heterocycles. The first-order valence-electron chi connectivity index (χ1n) is 5.33. The third-order valence-corrected chi connectivity index (χ3v) is 3.42. The van der Waals surface area contributed by atoms with E-state index in [0.29, 0.717) is 6.54 Å². The average Bonchev–Trinajstić information content (AvgIpc) is 2.30. The summed E-state index contributed by atoms with van der Waals surface area (Å²) in [5.41, 5.74) is 11.9. The van der Waals surface area contributed by atoms with Crippen molar-refractivity contribution in [2.24, 2.45) is 0 Å². The molecule has 0 unspecified atom stereocenters. The minimum Gasteiger partial charge on any atom is -0.397 e. The van der Waals surface area contributed by atoms with E-state index in [0.717, 1.165) is 18.6 Å². The van der Waals surface area contributed by atoms with E-state index >= 15 is 0 Å². The van der Waals surface area contributed by atoms with E-state index in [1.54, 1.807) is 11.8 Å². The Labute approximate surface area is 110 Å². The van der Waals surface area contributed by atoms with Crippen molar-refractivity contribution in [1.82, 2.24) is 0 Å². The number of nitrogens with one attached hydrogen (secondary N) is 1. The predicted octanol–water partition coefficient (Wildman–Crippen LogP) is 3.20. The van der Waals surface area contributed by atoms with Crippen molar-refractivity contribution in [2.45, 2.75) is 12.8 Å². The van der Waals surface area contributed by atoms with Crippen LogP contribution in [0.2, 0.25) is 5.02 Å². The molecular formula is C11H17ClFN3S. The molecule has 1 aromatic carbocycles. The molecule has 0 spiro atoms. The second kappa shape index (κ2) is 6.81. The average molecular weight is 278 g/mol. The molecule has 0 amide bonds. The fraction of sp³-hybridized carbons (Fsp3) is 0.455.